The molecule has 0 amide bonds. The van der Waals surface area contributed by atoms with E-state index in [1.807, 2.05) is 53.9 Å². The second kappa shape index (κ2) is 14.0. The highest BCUT2D eigenvalue weighted by molar-refractivity contribution is 7.13. The van der Waals surface area contributed by atoms with E-state index in [0.29, 0.717) is 44.5 Å². The zero-order chi connectivity index (χ0) is 25.9. The Morgan fingerprint density at radius 1 is 0.784 bits per heavy atom. The molecule has 0 fully saturated rings. The number of methoxy groups -OCH3 is 2. The molecule has 0 radical (unpaired) electrons. The summed E-state index contributed by atoms with van der Waals surface area (Å²) in [6.45, 7) is 3.25. The first-order valence-electron chi connectivity index (χ1n) is 12.0. The summed E-state index contributed by atoms with van der Waals surface area (Å²) < 4.78 is 22.3. The number of thiazole rings is 1. The van der Waals surface area contributed by atoms with Crippen LogP contribution in [0.15, 0.2) is 78.2 Å². The van der Waals surface area contributed by atoms with Gasteiger partial charge in [-0.15, -0.1) is 11.3 Å². The van der Waals surface area contributed by atoms with E-state index in [-0.39, 0.29) is 0 Å². The summed E-state index contributed by atoms with van der Waals surface area (Å²) in [6, 6.07) is 23.9. The van der Waals surface area contributed by atoms with E-state index in [9.17, 15) is 0 Å². The lowest BCUT2D eigenvalue weighted by molar-refractivity contribution is 0.0330. The van der Waals surface area contributed by atoms with Crippen molar-refractivity contribution in [3.05, 3.63) is 106 Å². The smallest absolute Gasteiger partial charge is 0.186 e. The van der Waals surface area contributed by atoms with Crippen molar-refractivity contribution in [2.75, 3.05) is 32.3 Å². The monoisotopic (exact) mass is 538 g/mol. The zero-order valence-corrected chi connectivity index (χ0v) is 22.6. The number of hydrogen-bond acceptors (Lipinski definition) is 7. The average Bonchev–Trinajstić information content (AvgIpc) is 3.40. The Kier molecular flexibility index (Phi) is 10.2. The second-order valence-corrected chi connectivity index (χ2v) is 9.62. The van der Waals surface area contributed by atoms with E-state index in [4.69, 9.17) is 35.5 Å². The first-order valence-corrected chi connectivity index (χ1v) is 13.2. The molecular weight excluding hydrogens is 508 g/mol. The van der Waals surface area contributed by atoms with Gasteiger partial charge in [0.25, 0.3) is 0 Å². The molecular formula is C29H31ClN2O4S. The molecule has 3 aromatic carbocycles. The standard InChI is InChI=1S/C29H31ClN2O4S/c1-33-26-10-5-7-22(15-26)17-32(18-23-8-6-11-27(16-23)34-2)29-31-25(21-37-29)20-36-14-13-35-19-24-9-3-4-12-28(24)30/h3-12,15-16,21H,13-14,17-20H2,1-2H3. The van der Waals surface area contributed by atoms with Crippen LogP contribution in [0.2, 0.25) is 5.02 Å². The molecule has 0 saturated carbocycles. The summed E-state index contributed by atoms with van der Waals surface area (Å²) in [7, 11) is 3.37. The molecule has 0 saturated heterocycles. The fraction of sp³-hybridized carbons (Fsp3) is 0.276. The number of aromatic nitrogens is 1. The van der Waals surface area contributed by atoms with Crippen LogP contribution in [-0.2, 0) is 35.8 Å². The second-order valence-electron chi connectivity index (χ2n) is 8.38. The molecule has 194 valence electrons. The van der Waals surface area contributed by atoms with Crippen LogP contribution in [0.1, 0.15) is 22.4 Å². The maximum Gasteiger partial charge on any atom is 0.186 e. The van der Waals surface area contributed by atoms with Crippen LogP contribution in [0.25, 0.3) is 0 Å². The largest absolute Gasteiger partial charge is 0.497 e. The highest BCUT2D eigenvalue weighted by Crippen LogP contribution is 2.27. The van der Waals surface area contributed by atoms with Gasteiger partial charge in [-0.05, 0) is 47.0 Å². The molecule has 1 aromatic heterocycles. The van der Waals surface area contributed by atoms with Crippen LogP contribution < -0.4 is 14.4 Å². The van der Waals surface area contributed by atoms with Gasteiger partial charge in [-0.1, -0.05) is 54.1 Å². The Balaban J connectivity index is 1.35. The van der Waals surface area contributed by atoms with Gasteiger partial charge in [0.15, 0.2) is 5.13 Å². The minimum atomic E-state index is 0.429. The van der Waals surface area contributed by atoms with Gasteiger partial charge >= 0.3 is 0 Å². The third-order valence-corrected chi connectivity index (χ3v) is 6.98. The third-order valence-electron chi connectivity index (χ3n) is 5.66. The Bertz CT molecular complexity index is 1220. The van der Waals surface area contributed by atoms with Crippen molar-refractivity contribution < 1.29 is 18.9 Å². The number of hydrogen-bond donors (Lipinski definition) is 0. The highest BCUT2D eigenvalue weighted by atomic mass is 35.5. The molecule has 0 spiro atoms. The molecule has 0 aliphatic heterocycles. The van der Waals surface area contributed by atoms with Crippen molar-refractivity contribution >= 4 is 28.1 Å². The zero-order valence-electron chi connectivity index (χ0n) is 21.1. The fourth-order valence-electron chi connectivity index (χ4n) is 3.77. The minimum Gasteiger partial charge on any atom is -0.497 e. The summed E-state index contributed by atoms with van der Waals surface area (Å²) in [4.78, 5) is 7.12. The topological polar surface area (TPSA) is 53.1 Å². The molecule has 0 aliphatic carbocycles. The summed E-state index contributed by atoms with van der Waals surface area (Å²) in [5.74, 6) is 1.67. The summed E-state index contributed by atoms with van der Waals surface area (Å²) >= 11 is 7.78. The maximum atomic E-state index is 6.17. The summed E-state index contributed by atoms with van der Waals surface area (Å²) in [5.41, 5.74) is 4.16. The fourth-order valence-corrected chi connectivity index (χ4v) is 4.77. The lowest BCUT2D eigenvalue weighted by Gasteiger charge is -2.22. The van der Waals surface area contributed by atoms with Crippen LogP contribution in [0.3, 0.4) is 0 Å². The van der Waals surface area contributed by atoms with Crippen LogP contribution in [0.5, 0.6) is 11.5 Å². The number of rotatable bonds is 14. The van der Waals surface area contributed by atoms with Crippen LogP contribution >= 0.6 is 22.9 Å². The highest BCUT2D eigenvalue weighted by Gasteiger charge is 2.14. The lowest BCUT2D eigenvalue weighted by Crippen LogP contribution is -2.22. The van der Waals surface area contributed by atoms with Gasteiger partial charge in [-0.3, -0.25) is 0 Å². The van der Waals surface area contributed by atoms with Gasteiger partial charge in [-0.25, -0.2) is 4.98 Å². The Labute approximate surface area is 227 Å². The van der Waals surface area contributed by atoms with Crippen molar-refractivity contribution in [2.24, 2.45) is 0 Å². The molecule has 4 aromatic rings. The van der Waals surface area contributed by atoms with E-state index < -0.39 is 0 Å². The van der Waals surface area contributed by atoms with E-state index >= 15 is 0 Å². The first-order chi connectivity index (χ1) is 18.1. The number of halogens is 1. The number of ether oxygens (including phenoxy) is 4. The number of anilines is 1. The Morgan fingerprint density at radius 2 is 1.41 bits per heavy atom. The van der Waals surface area contributed by atoms with Crippen molar-refractivity contribution in [2.45, 2.75) is 26.3 Å². The van der Waals surface area contributed by atoms with E-state index in [2.05, 4.69) is 29.2 Å². The molecule has 8 heteroatoms. The van der Waals surface area contributed by atoms with Gasteiger partial charge < -0.3 is 23.8 Å². The Hall–Kier alpha value is -3.10. The molecule has 0 N–H and O–H groups in total. The van der Waals surface area contributed by atoms with Crippen molar-refractivity contribution in [1.82, 2.24) is 4.98 Å². The Morgan fingerprint density at radius 3 is 2.03 bits per heavy atom. The molecule has 0 atom stereocenters. The van der Waals surface area contributed by atoms with Crippen molar-refractivity contribution in [3.63, 3.8) is 0 Å². The van der Waals surface area contributed by atoms with Crippen LogP contribution in [0, 0.1) is 0 Å². The lowest BCUT2D eigenvalue weighted by atomic mass is 10.1. The predicted molar refractivity (Wildman–Crippen MR) is 149 cm³/mol. The van der Waals surface area contributed by atoms with E-state index in [1.54, 1.807) is 25.6 Å². The molecule has 0 unspecified atom stereocenters. The molecule has 0 bridgehead atoms. The van der Waals surface area contributed by atoms with Crippen LogP contribution in [0.4, 0.5) is 5.13 Å². The quantitative estimate of drug-likeness (QED) is 0.165. The van der Waals surface area contributed by atoms with Crippen LogP contribution in [-0.4, -0.2) is 32.4 Å². The third kappa shape index (κ3) is 8.20. The normalized spacial score (nSPS) is 10.9. The predicted octanol–water partition coefficient (Wildman–Crippen LogP) is 6.75. The maximum absolute atomic E-state index is 6.17. The molecule has 4 rings (SSSR count). The van der Waals surface area contributed by atoms with Gasteiger partial charge in [0.2, 0.25) is 0 Å². The van der Waals surface area contributed by atoms with Gasteiger partial charge in [0.1, 0.15) is 11.5 Å². The molecule has 6 nitrogen and oxygen atoms in total. The number of benzene rings is 3. The van der Waals surface area contributed by atoms with Gasteiger partial charge in [0.05, 0.1) is 46.3 Å². The molecule has 0 aliphatic rings. The molecule has 37 heavy (non-hydrogen) atoms. The number of nitrogens with zero attached hydrogens (tertiary/aromatic N) is 2. The van der Waals surface area contributed by atoms with Gasteiger partial charge in [0, 0.05) is 23.5 Å². The summed E-state index contributed by atoms with van der Waals surface area (Å²) in [6.07, 6.45) is 0. The summed E-state index contributed by atoms with van der Waals surface area (Å²) in [5, 5.41) is 3.69. The van der Waals surface area contributed by atoms with Crippen molar-refractivity contribution in [1.29, 1.82) is 0 Å². The first kappa shape index (κ1) is 26.9. The average molecular weight is 539 g/mol. The van der Waals surface area contributed by atoms with Crippen molar-refractivity contribution in [3.8, 4) is 11.5 Å². The van der Waals surface area contributed by atoms with Gasteiger partial charge in [-0.2, -0.15) is 0 Å². The SMILES string of the molecule is COc1cccc(CN(Cc2cccc(OC)c2)c2nc(COCCOCc3ccccc3Cl)cs2)c1. The molecule has 1 heterocycles. The van der Waals surface area contributed by atoms with E-state index in [0.717, 1.165) is 39.0 Å². The minimum absolute atomic E-state index is 0.429. The van der Waals surface area contributed by atoms with E-state index in [1.165, 1.54) is 0 Å².